The predicted octanol–water partition coefficient (Wildman–Crippen LogP) is 3.19. The summed E-state index contributed by atoms with van der Waals surface area (Å²) in [6, 6.07) is 2.88. The fourth-order valence-electron chi connectivity index (χ4n) is 1.64. The van der Waals surface area contributed by atoms with Crippen LogP contribution in [0.5, 0.6) is 11.5 Å². The SMILES string of the molecule is COc1c(N)nc(-c2ccc(Cl)c(OC)c2F)nc1Cl. The van der Waals surface area contributed by atoms with Crippen LogP contribution in [0.1, 0.15) is 0 Å². The summed E-state index contributed by atoms with van der Waals surface area (Å²) in [4.78, 5) is 7.91. The Labute approximate surface area is 124 Å². The lowest BCUT2D eigenvalue weighted by atomic mass is 10.2. The van der Waals surface area contributed by atoms with E-state index in [1.807, 2.05) is 0 Å². The molecule has 0 aliphatic heterocycles. The normalized spacial score (nSPS) is 10.4. The van der Waals surface area contributed by atoms with E-state index in [-0.39, 0.29) is 38.9 Å². The van der Waals surface area contributed by atoms with Crippen molar-refractivity contribution in [1.82, 2.24) is 9.97 Å². The quantitative estimate of drug-likeness (QED) is 0.880. The molecular formula is C12H10Cl2FN3O2. The third kappa shape index (κ3) is 2.44. The van der Waals surface area contributed by atoms with Gasteiger partial charge in [-0.3, -0.25) is 0 Å². The summed E-state index contributed by atoms with van der Waals surface area (Å²) >= 11 is 11.7. The summed E-state index contributed by atoms with van der Waals surface area (Å²) in [6.45, 7) is 0. The summed E-state index contributed by atoms with van der Waals surface area (Å²) in [5, 5.41) is 0.129. The molecule has 2 aromatic rings. The van der Waals surface area contributed by atoms with E-state index in [2.05, 4.69) is 9.97 Å². The molecule has 2 rings (SSSR count). The van der Waals surface area contributed by atoms with Crippen LogP contribution in [0.2, 0.25) is 10.2 Å². The zero-order chi connectivity index (χ0) is 14.9. The van der Waals surface area contributed by atoms with Gasteiger partial charge in [0.1, 0.15) is 0 Å². The molecule has 5 nitrogen and oxygen atoms in total. The van der Waals surface area contributed by atoms with Crippen molar-refractivity contribution in [1.29, 1.82) is 0 Å². The number of nitrogens with zero attached hydrogens (tertiary/aromatic N) is 2. The zero-order valence-corrected chi connectivity index (χ0v) is 12.1. The van der Waals surface area contributed by atoms with Crippen molar-refractivity contribution < 1.29 is 13.9 Å². The molecular weight excluding hydrogens is 308 g/mol. The molecule has 0 bridgehead atoms. The monoisotopic (exact) mass is 317 g/mol. The van der Waals surface area contributed by atoms with Crippen LogP contribution in [-0.4, -0.2) is 24.2 Å². The Morgan fingerprint density at radius 2 is 1.75 bits per heavy atom. The predicted molar refractivity (Wildman–Crippen MR) is 75.0 cm³/mol. The number of ether oxygens (including phenoxy) is 2. The molecule has 0 aliphatic rings. The van der Waals surface area contributed by atoms with Crippen LogP contribution in [0, 0.1) is 5.82 Å². The van der Waals surface area contributed by atoms with Gasteiger partial charge < -0.3 is 15.2 Å². The van der Waals surface area contributed by atoms with E-state index in [4.69, 9.17) is 38.4 Å². The van der Waals surface area contributed by atoms with E-state index in [1.165, 1.54) is 26.4 Å². The molecule has 0 saturated carbocycles. The number of aromatic nitrogens is 2. The van der Waals surface area contributed by atoms with Crippen molar-refractivity contribution in [3.63, 3.8) is 0 Å². The highest BCUT2D eigenvalue weighted by Crippen LogP contribution is 2.36. The maximum absolute atomic E-state index is 14.3. The smallest absolute Gasteiger partial charge is 0.198 e. The lowest BCUT2D eigenvalue weighted by Gasteiger charge is -2.10. The molecule has 106 valence electrons. The van der Waals surface area contributed by atoms with E-state index < -0.39 is 5.82 Å². The molecule has 1 aromatic carbocycles. The van der Waals surface area contributed by atoms with Gasteiger partial charge in [0.15, 0.2) is 34.1 Å². The highest BCUT2D eigenvalue weighted by Gasteiger charge is 2.19. The van der Waals surface area contributed by atoms with Crippen LogP contribution in [-0.2, 0) is 0 Å². The summed E-state index contributed by atoms with van der Waals surface area (Å²) in [7, 11) is 2.69. The zero-order valence-electron chi connectivity index (χ0n) is 10.6. The van der Waals surface area contributed by atoms with Crippen molar-refractivity contribution in [3.8, 4) is 22.9 Å². The maximum atomic E-state index is 14.3. The number of hydrogen-bond donors (Lipinski definition) is 1. The molecule has 0 spiro atoms. The molecule has 1 heterocycles. The van der Waals surface area contributed by atoms with Crippen molar-refractivity contribution in [2.75, 3.05) is 20.0 Å². The van der Waals surface area contributed by atoms with Crippen molar-refractivity contribution >= 4 is 29.0 Å². The van der Waals surface area contributed by atoms with E-state index in [9.17, 15) is 4.39 Å². The first-order chi connectivity index (χ1) is 9.49. The first kappa shape index (κ1) is 14.6. The summed E-state index contributed by atoms with van der Waals surface area (Å²) < 4.78 is 24.1. The van der Waals surface area contributed by atoms with Crippen molar-refractivity contribution in [2.24, 2.45) is 0 Å². The second-order valence-electron chi connectivity index (χ2n) is 3.70. The van der Waals surface area contributed by atoms with Gasteiger partial charge in [0.25, 0.3) is 0 Å². The second kappa shape index (κ2) is 5.68. The minimum absolute atomic E-state index is 0.0100. The van der Waals surface area contributed by atoms with Gasteiger partial charge in [0.2, 0.25) is 0 Å². The minimum atomic E-state index is -0.694. The fraction of sp³-hybridized carbons (Fsp3) is 0.167. The third-order valence-electron chi connectivity index (χ3n) is 2.55. The molecule has 0 fully saturated rings. The fourth-order valence-corrected chi connectivity index (χ4v) is 2.12. The summed E-state index contributed by atoms with van der Waals surface area (Å²) in [5.74, 6) is -0.632. The molecule has 8 heteroatoms. The topological polar surface area (TPSA) is 70.3 Å². The lowest BCUT2D eigenvalue weighted by Crippen LogP contribution is -2.02. The molecule has 20 heavy (non-hydrogen) atoms. The Kier molecular flexibility index (Phi) is 4.15. The number of anilines is 1. The Hall–Kier alpha value is -1.79. The van der Waals surface area contributed by atoms with Gasteiger partial charge in [-0.25, -0.2) is 14.4 Å². The maximum Gasteiger partial charge on any atom is 0.198 e. The van der Waals surface area contributed by atoms with Crippen molar-refractivity contribution in [3.05, 3.63) is 28.1 Å². The summed E-state index contributed by atoms with van der Waals surface area (Å²) in [6.07, 6.45) is 0. The van der Waals surface area contributed by atoms with E-state index in [0.29, 0.717) is 0 Å². The number of methoxy groups -OCH3 is 2. The van der Waals surface area contributed by atoms with Gasteiger partial charge in [-0.15, -0.1) is 0 Å². The number of rotatable bonds is 3. The number of nitrogen functional groups attached to an aromatic ring is 1. The highest BCUT2D eigenvalue weighted by atomic mass is 35.5. The van der Waals surface area contributed by atoms with E-state index >= 15 is 0 Å². The average Bonchev–Trinajstić information content (AvgIpc) is 2.39. The van der Waals surface area contributed by atoms with Crippen molar-refractivity contribution in [2.45, 2.75) is 0 Å². The lowest BCUT2D eigenvalue weighted by molar-refractivity contribution is 0.387. The number of benzene rings is 1. The Balaban J connectivity index is 2.64. The molecule has 0 aliphatic carbocycles. The first-order valence-corrected chi connectivity index (χ1v) is 6.14. The Morgan fingerprint density at radius 3 is 2.30 bits per heavy atom. The first-order valence-electron chi connectivity index (χ1n) is 5.39. The Morgan fingerprint density at radius 1 is 1.10 bits per heavy atom. The second-order valence-corrected chi connectivity index (χ2v) is 4.46. The molecule has 2 N–H and O–H groups in total. The van der Waals surface area contributed by atoms with Crippen LogP contribution >= 0.6 is 23.2 Å². The van der Waals surface area contributed by atoms with Gasteiger partial charge in [0.05, 0.1) is 24.8 Å². The van der Waals surface area contributed by atoms with Crippen LogP contribution in [0.4, 0.5) is 10.2 Å². The largest absolute Gasteiger partial charge is 0.492 e. The van der Waals surface area contributed by atoms with Crippen LogP contribution in [0.15, 0.2) is 12.1 Å². The molecule has 0 atom stereocenters. The number of halogens is 3. The number of hydrogen-bond acceptors (Lipinski definition) is 5. The van der Waals surface area contributed by atoms with Crippen LogP contribution < -0.4 is 15.2 Å². The van der Waals surface area contributed by atoms with Gasteiger partial charge in [-0.05, 0) is 12.1 Å². The molecule has 0 amide bonds. The molecule has 0 radical (unpaired) electrons. The average molecular weight is 318 g/mol. The van der Waals surface area contributed by atoms with Gasteiger partial charge in [0, 0.05) is 0 Å². The standard InChI is InChI=1S/C12H10Cl2FN3O2/c1-19-8-6(13)4-3-5(7(8)15)12-17-10(14)9(20-2)11(16)18-12/h3-4H,1-2H3,(H2,16,17,18). The van der Waals surface area contributed by atoms with Gasteiger partial charge in [-0.1, -0.05) is 23.2 Å². The third-order valence-corrected chi connectivity index (χ3v) is 3.10. The summed E-state index contributed by atoms with van der Waals surface area (Å²) in [5.41, 5.74) is 5.75. The van der Waals surface area contributed by atoms with E-state index in [1.54, 1.807) is 0 Å². The van der Waals surface area contributed by atoms with Crippen LogP contribution in [0.25, 0.3) is 11.4 Å². The minimum Gasteiger partial charge on any atom is -0.492 e. The molecule has 0 unspecified atom stereocenters. The Bertz CT molecular complexity index is 644. The molecule has 1 aromatic heterocycles. The van der Waals surface area contributed by atoms with E-state index in [0.717, 1.165) is 0 Å². The van der Waals surface area contributed by atoms with Gasteiger partial charge >= 0.3 is 0 Å². The van der Waals surface area contributed by atoms with Crippen LogP contribution in [0.3, 0.4) is 0 Å². The molecule has 0 saturated heterocycles. The highest BCUT2D eigenvalue weighted by molar-refractivity contribution is 6.32. The van der Waals surface area contributed by atoms with Gasteiger partial charge in [-0.2, -0.15) is 0 Å². The number of nitrogens with two attached hydrogens (primary N) is 1.